The molecule has 0 aliphatic heterocycles. The van der Waals surface area contributed by atoms with E-state index in [1.54, 1.807) is 0 Å². The molecule has 0 unspecified atom stereocenters. The van der Waals surface area contributed by atoms with E-state index in [0.717, 1.165) is 24.8 Å². The first kappa shape index (κ1) is 10.2. The lowest BCUT2D eigenvalue weighted by Gasteiger charge is -1.99. The van der Waals surface area contributed by atoms with Gasteiger partial charge >= 0.3 is 0 Å². The largest absolute Gasteiger partial charge is 0.388 e. The highest BCUT2D eigenvalue weighted by atomic mass is 16.3. The molecule has 15 heavy (non-hydrogen) atoms. The number of aliphatic hydroxyl groups excluding tert-OH is 1. The molecule has 1 aliphatic rings. The van der Waals surface area contributed by atoms with Gasteiger partial charge in [-0.2, -0.15) is 0 Å². The third kappa shape index (κ3) is 2.38. The Morgan fingerprint density at radius 3 is 2.87 bits per heavy atom. The van der Waals surface area contributed by atoms with Crippen molar-refractivity contribution in [3.05, 3.63) is 46.7 Å². The minimum absolute atomic E-state index is 0.259. The molecule has 2 rings (SSSR count). The molecule has 0 radical (unpaired) electrons. The number of hydrogen-bond acceptors (Lipinski definition) is 1. The van der Waals surface area contributed by atoms with Gasteiger partial charge in [-0.05, 0) is 43.4 Å². The molecule has 1 fully saturated rings. The van der Waals surface area contributed by atoms with Crippen molar-refractivity contribution in [2.45, 2.75) is 32.3 Å². The van der Waals surface area contributed by atoms with Gasteiger partial charge in [-0.1, -0.05) is 24.3 Å². The molecule has 1 atom stereocenters. The average Bonchev–Trinajstić information content (AvgIpc) is 2.63. The smallest absolute Gasteiger partial charge is 0.0823 e. The lowest BCUT2D eigenvalue weighted by atomic mass is 10.1. The number of aryl methyl sites for hydroxylation is 1. The summed E-state index contributed by atoms with van der Waals surface area (Å²) in [6.07, 6.45) is 4.70. The minimum Gasteiger partial charge on any atom is -0.388 e. The molecule has 1 saturated carbocycles. The Bertz CT molecular complexity index is 411. The van der Waals surface area contributed by atoms with E-state index in [9.17, 15) is 5.11 Å². The molecular weight excluding hydrogens is 184 g/mol. The van der Waals surface area contributed by atoms with Gasteiger partial charge in [0.15, 0.2) is 0 Å². The maximum Gasteiger partial charge on any atom is 0.0823 e. The Hall–Kier alpha value is -1.30. The Morgan fingerprint density at radius 1 is 1.40 bits per heavy atom. The molecule has 78 valence electrons. The highest BCUT2D eigenvalue weighted by Crippen LogP contribution is 2.23. The van der Waals surface area contributed by atoms with Crippen molar-refractivity contribution < 1.29 is 5.11 Å². The first-order valence-corrected chi connectivity index (χ1v) is 5.46. The molecule has 1 aromatic carbocycles. The topological polar surface area (TPSA) is 20.2 Å². The fourth-order valence-electron chi connectivity index (χ4n) is 1.91. The SMILES string of the molecule is Cc1ccccc1C=C=C1CCC[C@H]1O. The Labute approximate surface area is 90.8 Å². The second-order valence-corrected chi connectivity index (χ2v) is 4.08. The molecule has 0 bridgehead atoms. The lowest BCUT2D eigenvalue weighted by molar-refractivity contribution is 0.218. The van der Waals surface area contributed by atoms with Crippen LogP contribution in [0.3, 0.4) is 0 Å². The van der Waals surface area contributed by atoms with Gasteiger partial charge in [0, 0.05) is 5.57 Å². The summed E-state index contributed by atoms with van der Waals surface area (Å²) in [5.74, 6) is 0. The Morgan fingerprint density at radius 2 is 2.20 bits per heavy atom. The molecule has 0 heterocycles. The zero-order valence-corrected chi connectivity index (χ0v) is 9.03. The minimum atomic E-state index is -0.259. The highest BCUT2D eigenvalue weighted by molar-refractivity contribution is 5.53. The van der Waals surface area contributed by atoms with E-state index < -0.39 is 0 Å². The van der Waals surface area contributed by atoms with Gasteiger partial charge in [-0.25, -0.2) is 0 Å². The van der Waals surface area contributed by atoms with Crippen LogP contribution in [0.1, 0.15) is 30.4 Å². The summed E-state index contributed by atoms with van der Waals surface area (Å²) in [4.78, 5) is 0. The second kappa shape index (κ2) is 4.48. The van der Waals surface area contributed by atoms with Crippen LogP contribution >= 0.6 is 0 Å². The molecule has 1 heteroatoms. The van der Waals surface area contributed by atoms with Crippen molar-refractivity contribution >= 4 is 6.08 Å². The van der Waals surface area contributed by atoms with Crippen LogP contribution in [0.5, 0.6) is 0 Å². The molecule has 0 aromatic heterocycles. The summed E-state index contributed by atoms with van der Waals surface area (Å²) < 4.78 is 0. The van der Waals surface area contributed by atoms with Crippen LogP contribution in [0.15, 0.2) is 35.6 Å². The van der Waals surface area contributed by atoms with Crippen LogP contribution in [-0.2, 0) is 0 Å². The summed E-state index contributed by atoms with van der Waals surface area (Å²) in [7, 11) is 0. The number of benzene rings is 1. The van der Waals surface area contributed by atoms with Crippen LogP contribution in [0.4, 0.5) is 0 Å². The summed E-state index contributed by atoms with van der Waals surface area (Å²) in [6, 6.07) is 8.22. The molecule has 1 aliphatic carbocycles. The first-order valence-electron chi connectivity index (χ1n) is 5.46. The monoisotopic (exact) mass is 200 g/mol. The third-order valence-electron chi connectivity index (χ3n) is 2.93. The van der Waals surface area contributed by atoms with Crippen LogP contribution in [-0.4, -0.2) is 11.2 Å². The maximum absolute atomic E-state index is 9.62. The van der Waals surface area contributed by atoms with Gasteiger partial charge in [-0.15, -0.1) is 5.73 Å². The fourth-order valence-corrected chi connectivity index (χ4v) is 1.91. The maximum atomic E-state index is 9.62. The van der Waals surface area contributed by atoms with E-state index in [0.29, 0.717) is 0 Å². The van der Waals surface area contributed by atoms with E-state index in [4.69, 9.17) is 0 Å². The molecular formula is C14H16O. The van der Waals surface area contributed by atoms with Crippen molar-refractivity contribution in [1.29, 1.82) is 0 Å². The zero-order valence-electron chi connectivity index (χ0n) is 9.03. The second-order valence-electron chi connectivity index (χ2n) is 4.08. The fraction of sp³-hybridized carbons (Fsp3) is 0.357. The van der Waals surface area contributed by atoms with Crippen molar-refractivity contribution in [3.8, 4) is 0 Å². The molecule has 1 nitrogen and oxygen atoms in total. The lowest BCUT2D eigenvalue weighted by Crippen LogP contribution is -1.99. The average molecular weight is 200 g/mol. The normalized spacial score (nSPS) is 20.1. The quantitative estimate of drug-likeness (QED) is 0.691. The molecule has 1 N–H and O–H groups in total. The summed E-state index contributed by atoms with van der Waals surface area (Å²) in [6.45, 7) is 2.09. The van der Waals surface area contributed by atoms with Crippen molar-refractivity contribution in [3.63, 3.8) is 0 Å². The van der Waals surface area contributed by atoms with Crippen LogP contribution in [0, 0.1) is 6.92 Å². The molecule has 0 spiro atoms. The zero-order chi connectivity index (χ0) is 10.7. The van der Waals surface area contributed by atoms with E-state index in [-0.39, 0.29) is 6.10 Å². The summed E-state index contributed by atoms with van der Waals surface area (Å²) in [5, 5.41) is 9.62. The van der Waals surface area contributed by atoms with E-state index in [1.807, 2.05) is 18.2 Å². The standard InChI is InChI=1S/C14H16O/c1-11-5-2-3-6-12(11)9-10-13-7-4-8-14(13)15/h2-3,5-6,9,14-15H,4,7-8H2,1H3/t10?,14-/m1/s1. The van der Waals surface area contributed by atoms with Gasteiger partial charge in [0.05, 0.1) is 6.10 Å². The molecule has 0 saturated heterocycles. The van der Waals surface area contributed by atoms with Gasteiger partial charge in [-0.3, -0.25) is 0 Å². The molecule has 1 aromatic rings. The van der Waals surface area contributed by atoms with Gasteiger partial charge in [0.25, 0.3) is 0 Å². The third-order valence-corrected chi connectivity index (χ3v) is 2.93. The first-order chi connectivity index (χ1) is 7.27. The van der Waals surface area contributed by atoms with Crippen molar-refractivity contribution in [1.82, 2.24) is 0 Å². The number of hydrogen-bond donors (Lipinski definition) is 1. The van der Waals surface area contributed by atoms with Crippen LogP contribution in [0.2, 0.25) is 0 Å². The van der Waals surface area contributed by atoms with E-state index >= 15 is 0 Å². The Kier molecular flexibility index (Phi) is 3.05. The van der Waals surface area contributed by atoms with Crippen molar-refractivity contribution in [2.75, 3.05) is 0 Å². The van der Waals surface area contributed by atoms with Crippen molar-refractivity contribution in [2.24, 2.45) is 0 Å². The summed E-state index contributed by atoms with van der Waals surface area (Å²) >= 11 is 0. The van der Waals surface area contributed by atoms with Crippen LogP contribution < -0.4 is 0 Å². The number of aliphatic hydroxyl groups is 1. The molecule has 0 amide bonds. The van der Waals surface area contributed by atoms with Gasteiger partial charge in [0.1, 0.15) is 0 Å². The van der Waals surface area contributed by atoms with Gasteiger partial charge < -0.3 is 5.11 Å². The van der Waals surface area contributed by atoms with E-state index in [1.165, 1.54) is 11.1 Å². The highest BCUT2D eigenvalue weighted by Gasteiger charge is 2.16. The predicted molar refractivity (Wildman–Crippen MR) is 62.5 cm³/mol. The van der Waals surface area contributed by atoms with Crippen LogP contribution in [0.25, 0.3) is 6.08 Å². The summed E-state index contributed by atoms with van der Waals surface area (Å²) in [5.41, 5.74) is 6.72. The van der Waals surface area contributed by atoms with E-state index in [2.05, 4.69) is 24.8 Å². The number of rotatable bonds is 1. The Balaban J connectivity index is 2.28. The van der Waals surface area contributed by atoms with Gasteiger partial charge in [0.2, 0.25) is 0 Å². The predicted octanol–water partition coefficient (Wildman–Crippen LogP) is 3.08.